The summed E-state index contributed by atoms with van der Waals surface area (Å²) >= 11 is 0. The number of aromatic nitrogens is 2. The van der Waals surface area contributed by atoms with Gasteiger partial charge in [-0.25, -0.2) is 14.1 Å². The van der Waals surface area contributed by atoms with Gasteiger partial charge in [-0.15, -0.1) is 0 Å². The van der Waals surface area contributed by atoms with E-state index in [9.17, 15) is 17.8 Å². The van der Waals surface area contributed by atoms with E-state index in [2.05, 4.69) is 27.1 Å². The third-order valence-corrected chi connectivity index (χ3v) is 7.28. The van der Waals surface area contributed by atoms with Crippen LogP contribution in [0.2, 0.25) is 0 Å². The first kappa shape index (κ1) is 28.3. The van der Waals surface area contributed by atoms with Crippen LogP contribution in [0.25, 0.3) is 10.9 Å². The van der Waals surface area contributed by atoms with E-state index in [1.165, 1.54) is 13.3 Å². The lowest BCUT2D eigenvalue weighted by Crippen LogP contribution is -2.27. The van der Waals surface area contributed by atoms with Crippen LogP contribution in [0, 0.1) is 18.8 Å². The molecule has 0 aliphatic carbocycles. The third-order valence-electron chi connectivity index (χ3n) is 6.44. The molecular weight excluding hydrogens is 552 g/mol. The summed E-state index contributed by atoms with van der Waals surface area (Å²) in [5.41, 5.74) is 3.72. The van der Waals surface area contributed by atoms with Gasteiger partial charge in [0.25, 0.3) is 0 Å². The van der Waals surface area contributed by atoms with Crippen LogP contribution in [0.15, 0.2) is 97.3 Å². The number of benzene rings is 3. The van der Waals surface area contributed by atoms with Gasteiger partial charge in [0.2, 0.25) is 0 Å². The number of hydrogen-bond acceptors (Lipinski definition) is 7. The number of ether oxygens (including phenoxy) is 1. The van der Waals surface area contributed by atoms with Crippen molar-refractivity contribution in [2.24, 2.45) is 0 Å². The normalized spacial score (nSPS) is 10.9. The Morgan fingerprint density at radius 2 is 1.74 bits per heavy atom. The molecule has 10 heteroatoms. The number of para-hydroxylation sites is 1. The summed E-state index contributed by atoms with van der Waals surface area (Å²) in [7, 11) is -3.52. The number of anilines is 3. The first-order valence-corrected chi connectivity index (χ1v) is 14.2. The Balaban J connectivity index is 1.57. The second-order valence-electron chi connectivity index (χ2n) is 9.27. The largest absolute Gasteiger partial charge is 0.464 e. The van der Waals surface area contributed by atoms with E-state index >= 15 is 0 Å². The topological polar surface area (TPSA) is 122 Å². The van der Waals surface area contributed by atoms with Crippen LogP contribution >= 0.6 is 0 Å². The molecule has 3 aromatic carbocycles. The molecule has 0 saturated carbocycles. The highest BCUT2D eigenvalue weighted by Gasteiger charge is 2.28. The molecule has 0 aliphatic rings. The Morgan fingerprint density at radius 1 is 0.976 bits per heavy atom. The molecule has 210 valence electrons. The first-order chi connectivity index (χ1) is 20.3. The number of carbonyl (C=O) groups is 1. The van der Waals surface area contributed by atoms with Crippen molar-refractivity contribution in [2.45, 2.75) is 13.5 Å². The number of nitrogens with one attached hydrogen (secondary N) is 1. The number of methoxy groups -OCH3 is 1. The van der Waals surface area contributed by atoms with Gasteiger partial charge in [0, 0.05) is 35.5 Å². The Bertz CT molecular complexity index is 1950. The molecule has 0 bridgehead atoms. The minimum atomic E-state index is -4.80. The van der Waals surface area contributed by atoms with Crippen molar-refractivity contribution in [3.63, 3.8) is 0 Å². The Morgan fingerprint density at radius 3 is 2.50 bits per heavy atom. The molecule has 5 rings (SSSR count). The monoisotopic (exact) mass is 578 g/mol. The molecule has 0 saturated heterocycles. The van der Waals surface area contributed by atoms with Crippen molar-refractivity contribution in [1.82, 2.24) is 9.97 Å². The summed E-state index contributed by atoms with van der Waals surface area (Å²) in [6.07, 6.45) is 3.00. The maximum atomic E-state index is 12.9. The fourth-order valence-electron chi connectivity index (χ4n) is 4.46. The van der Waals surface area contributed by atoms with E-state index in [-0.39, 0.29) is 17.1 Å². The second kappa shape index (κ2) is 12.1. The lowest BCUT2D eigenvalue weighted by atomic mass is 10.1. The van der Waals surface area contributed by atoms with Crippen LogP contribution in [0.1, 0.15) is 32.7 Å². The fraction of sp³-hybridized carbons (Fsp3) is 0.0938. The quantitative estimate of drug-likeness (QED) is 0.144. The average Bonchev–Trinajstić information content (AvgIpc) is 3.00. The van der Waals surface area contributed by atoms with E-state index < -0.39 is 16.3 Å². The van der Waals surface area contributed by atoms with Crippen LogP contribution in [0.5, 0.6) is 0 Å². The molecule has 0 aliphatic heterocycles. The molecule has 0 atom stereocenters. The van der Waals surface area contributed by atoms with Crippen LogP contribution < -0.4 is 9.62 Å². The van der Waals surface area contributed by atoms with Crippen LogP contribution in [-0.2, 0) is 21.6 Å². The number of esters is 1. The van der Waals surface area contributed by atoms with Crippen molar-refractivity contribution < 1.29 is 22.5 Å². The SMILES string of the molecule is COC(=O)c1ncc(C#Cc2ccccc2N(c2c(C)ccc3cccnc23)S(=O)(=O)O)cc1NCc1ccccc1. The second-order valence-corrected chi connectivity index (χ2v) is 10.5. The van der Waals surface area contributed by atoms with E-state index in [4.69, 9.17) is 4.74 Å². The van der Waals surface area contributed by atoms with Gasteiger partial charge in [-0.2, -0.15) is 8.42 Å². The van der Waals surface area contributed by atoms with E-state index in [0.29, 0.717) is 39.8 Å². The van der Waals surface area contributed by atoms with Crippen LogP contribution in [0.3, 0.4) is 0 Å². The lowest BCUT2D eigenvalue weighted by molar-refractivity contribution is 0.0595. The number of nitrogens with zero attached hydrogens (tertiary/aromatic N) is 3. The number of hydrogen-bond donors (Lipinski definition) is 2. The molecule has 0 fully saturated rings. The summed E-state index contributed by atoms with van der Waals surface area (Å²) in [4.78, 5) is 21.0. The Labute approximate surface area is 243 Å². The molecule has 2 N–H and O–H groups in total. The standard InChI is InChI=1S/C32H26N4O5S/c1-22-14-16-26-12-8-18-33-29(26)31(22)36(42(38,39)40)28-13-7-6-11-25(28)17-15-24-19-27(30(35-21-24)32(37)41-2)34-20-23-9-4-3-5-10-23/h3-14,16,18-19,21,34H,20H2,1-2H3,(H,38,39,40). The average molecular weight is 579 g/mol. The van der Waals surface area contributed by atoms with Crippen molar-refractivity contribution in [2.75, 3.05) is 16.7 Å². The molecule has 42 heavy (non-hydrogen) atoms. The molecule has 5 aromatic rings. The maximum absolute atomic E-state index is 12.9. The molecular formula is C32H26N4O5S. The summed E-state index contributed by atoms with van der Waals surface area (Å²) in [5.74, 6) is 5.42. The zero-order chi connectivity index (χ0) is 29.7. The van der Waals surface area contributed by atoms with Crippen LogP contribution in [0.4, 0.5) is 17.1 Å². The predicted molar refractivity (Wildman–Crippen MR) is 162 cm³/mol. The van der Waals surface area contributed by atoms with Gasteiger partial charge in [-0.3, -0.25) is 9.54 Å². The zero-order valence-corrected chi connectivity index (χ0v) is 23.6. The molecule has 0 spiro atoms. The van der Waals surface area contributed by atoms with Gasteiger partial charge in [0.15, 0.2) is 5.69 Å². The first-order valence-electron chi connectivity index (χ1n) is 12.9. The molecule has 2 heterocycles. The zero-order valence-electron chi connectivity index (χ0n) is 22.8. The number of aryl methyl sites for hydroxylation is 1. The highest BCUT2D eigenvalue weighted by atomic mass is 32.2. The molecule has 9 nitrogen and oxygen atoms in total. The number of pyridine rings is 2. The van der Waals surface area contributed by atoms with Gasteiger partial charge in [0.05, 0.1) is 29.7 Å². The highest BCUT2D eigenvalue weighted by Crippen LogP contribution is 2.37. The van der Waals surface area contributed by atoms with E-state index in [1.54, 1.807) is 55.6 Å². The van der Waals surface area contributed by atoms with Gasteiger partial charge >= 0.3 is 16.3 Å². The number of fused-ring (bicyclic) bond motifs is 1. The van der Waals surface area contributed by atoms with Crippen molar-refractivity contribution in [3.05, 3.63) is 125 Å². The summed E-state index contributed by atoms with van der Waals surface area (Å²) in [6.45, 7) is 2.18. The summed E-state index contributed by atoms with van der Waals surface area (Å²) in [6, 6.07) is 25.1. The van der Waals surface area contributed by atoms with E-state index in [0.717, 1.165) is 9.87 Å². The van der Waals surface area contributed by atoms with Gasteiger partial charge < -0.3 is 10.1 Å². The highest BCUT2D eigenvalue weighted by molar-refractivity contribution is 7.87. The van der Waals surface area contributed by atoms with Crippen LogP contribution in [-0.4, -0.2) is 36.0 Å². The summed E-state index contributed by atoms with van der Waals surface area (Å²) < 4.78 is 41.9. The predicted octanol–water partition coefficient (Wildman–Crippen LogP) is 5.68. The summed E-state index contributed by atoms with van der Waals surface area (Å²) in [5, 5.41) is 3.93. The molecule has 0 radical (unpaired) electrons. The Kier molecular flexibility index (Phi) is 8.15. The van der Waals surface area contributed by atoms with Gasteiger partial charge in [-0.1, -0.05) is 72.5 Å². The number of carbonyl (C=O) groups excluding carboxylic acids is 1. The van der Waals surface area contributed by atoms with Crippen molar-refractivity contribution >= 4 is 44.2 Å². The minimum absolute atomic E-state index is 0.107. The molecule has 0 amide bonds. The minimum Gasteiger partial charge on any atom is -0.464 e. The fourth-order valence-corrected chi connectivity index (χ4v) is 5.33. The van der Waals surface area contributed by atoms with Crippen molar-refractivity contribution in [1.29, 1.82) is 0 Å². The lowest BCUT2D eigenvalue weighted by Gasteiger charge is -2.25. The number of rotatable bonds is 7. The molecule has 0 unspecified atom stereocenters. The Hall–Kier alpha value is -5.24. The smallest absolute Gasteiger partial charge is 0.364 e. The molecule has 2 aromatic heterocycles. The van der Waals surface area contributed by atoms with Gasteiger partial charge in [-0.05, 0) is 42.3 Å². The van der Waals surface area contributed by atoms with Gasteiger partial charge in [0.1, 0.15) is 0 Å². The third kappa shape index (κ3) is 6.07. The maximum Gasteiger partial charge on any atom is 0.364 e. The van der Waals surface area contributed by atoms with Crippen molar-refractivity contribution in [3.8, 4) is 11.8 Å². The van der Waals surface area contributed by atoms with E-state index in [1.807, 2.05) is 42.5 Å².